The summed E-state index contributed by atoms with van der Waals surface area (Å²) >= 11 is 0. The number of hydrogen-bond donors (Lipinski definition) is 2. The lowest BCUT2D eigenvalue weighted by molar-refractivity contribution is -0.127. The Bertz CT molecular complexity index is 361. The van der Waals surface area contributed by atoms with Gasteiger partial charge in [0.05, 0.1) is 18.9 Å². The molecule has 2 rings (SSSR count). The van der Waals surface area contributed by atoms with E-state index in [9.17, 15) is 4.79 Å². The zero-order chi connectivity index (χ0) is 13.3. The van der Waals surface area contributed by atoms with Crippen molar-refractivity contribution >= 4 is 5.91 Å². The molecule has 106 valence electrons. The van der Waals surface area contributed by atoms with Gasteiger partial charge in [0.2, 0.25) is 5.91 Å². The van der Waals surface area contributed by atoms with Gasteiger partial charge in [-0.05, 0) is 31.2 Å². The van der Waals surface area contributed by atoms with Gasteiger partial charge in [-0.1, -0.05) is 0 Å². The van der Waals surface area contributed by atoms with Crippen LogP contribution in [0.4, 0.5) is 0 Å². The number of rotatable bonds is 7. The fourth-order valence-corrected chi connectivity index (χ4v) is 2.03. The highest BCUT2D eigenvalue weighted by Gasteiger charge is 2.14. The Labute approximate surface area is 112 Å². The van der Waals surface area contributed by atoms with Gasteiger partial charge in [-0.15, -0.1) is 0 Å². The molecule has 0 spiro atoms. The predicted octanol–water partition coefficient (Wildman–Crippen LogP) is 0.654. The van der Waals surface area contributed by atoms with Crippen molar-refractivity contribution in [2.45, 2.75) is 31.8 Å². The Hall–Kier alpha value is -1.40. The average Bonchev–Trinajstić information content (AvgIpc) is 2.93. The Morgan fingerprint density at radius 2 is 2.53 bits per heavy atom. The second kappa shape index (κ2) is 7.91. The first-order valence-electron chi connectivity index (χ1n) is 6.78. The number of ether oxygens (including phenoxy) is 2. The number of H-pyrrole nitrogens is 1. The maximum atomic E-state index is 11.5. The number of hydrogen-bond acceptors (Lipinski definition) is 4. The SMILES string of the molecule is O=C(COCC1CCCCO1)NCCc1cn[nH]c1. The first kappa shape index (κ1) is 14.0. The lowest BCUT2D eigenvalue weighted by atomic mass is 10.1. The van der Waals surface area contributed by atoms with Crippen molar-refractivity contribution in [2.24, 2.45) is 0 Å². The number of carbonyl (C=O) groups is 1. The monoisotopic (exact) mass is 267 g/mol. The van der Waals surface area contributed by atoms with Gasteiger partial charge in [0.15, 0.2) is 0 Å². The van der Waals surface area contributed by atoms with E-state index in [0.29, 0.717) is 13.2 Å². The normalized spacial score (nSPS) is 19.3. The maximum absolute atomic E-state index is 11.5. The van der Waals surface area contributed by atoms with Crippen LogP contribution >= 0.6 is 0 Å². The Morgan fingerprint density at radius 1 is 1.58 bits per heavy atom. The third kappa shape index (κ3) is 5.40. The van der Waals surface area contributed by atoms with Crippen molar-refractivity contribution in [1.29, 1.82) is 0 Å². The molecule has 19 heavy (non-hydrogen) atoms. The fraction of sp³-hybridized carbons (Fsp3) is 0.692. The van der Waals surface area contributed by atoms with Crippen molar-refractivity contribution < 1.29 is 14.3 Å². The van der Waals surface area contributed by atoms with Gasteiger partial charge < -0.3 is 14.8 Å². The molecule has 1 atom stereocenters. The Morgan fingerprint density at radius 3 is 3.26 bits per heavy atom. The van der Waals surface area contributed by atoms with Crippen molar-refractivity contribution in [3.8, 4) is 0 Å². The van der Waals surface area contributed by atoms with Gasteiger partial charge in [-0.25, -0.2) is 0 Å². The molecule has 0 aromatic carbocycles. The van der Waals surface area contributed by atoms with E-state index in [1.807, 2.05) is 6.20 Å². The molecular formula is C13H21N3O3. The van der Waals surface area contributed by atoms with E-state index in [1.54, 1.807) is 6.20 Å². The summed E-state index contributed by atoms with van der Waals surface area (Å²) in [6.07, 6.45) is 7.85. The minimum Gasteiger partial charge on any atom is -0.376 e. The Balaban J connectivity index is 1.49. The van der Waals surface area contributed by atoms with Crippen LogP contribution in [0.15, 0.2) is 12.4 Å². The minimum atomic E-state index is -0.0840. The van der Waals surface area contributed by atoms with Crippen LogP contribution in [-0.4, -0.2) is 48.6 Å². The third-order valence-corrected chi connectivity index (χ3v) is 3.10. The molecule has 1 aromatic heterocycles. The standard InChI is InChI=1S/C13H21N3O3/c17-13(14-5-4-11-7-15-16-8-11)10-18-9-12-3-1-2-6-19-12/h7-8,12H,1-6,9-10H2,(H,14,17)(H,15,16). The van der Waals surface area contributed by atoms with Crippen LogP contribution in [-0.2, 0) is 20.7 Å². The molecule has 1 unspecified atom stereocenters. The maximum Gasteiger partial charge on any atom is 0.246 e. The van der Waals surface area contributed by atoms with Crippen LogP contribution in [0.2, 0.25) is 0 Å². The highest BCUT2D eigenvalue weighted by atomic mass is 16.5. The Kier molecular flexibility index (Phi) is 5.84. The molecule has 1 amide bonds. The smallest absolute Gasteiger partial charge is 0.246 e. The molecular weight excluding hydrogens is 246 g/mol. The van der Waals surface area contributed by atoms with E-state index in [-0.39, 0.29) is 18.6 Å². The second-order valence-corrected chi connectivity index (χ2v) is 4.71. The summed E-state index contributed by atoms with van der Waals surface area (Å²) in [6, 6.07) is 0. The van der Waals surface area contributed by atoms with Crippen LogP contribution < -0.4 is 5.32 Å². The van der Waals surface area contributed by atoms with Gasteiger partial charge in [-0.3, -0.25) is 9.89 Å². The van der Waals surface area contributed by atoms with Crippen molar-refractivity contribution in [2.75, 3.05) is 26.4 Å². The van der Waals surface area contributed by atoms with E-state index in [0.717, 1.165) is 31.4 Å². The molecule has 1 saturated heterocycles. The zero-order valence-corrected chi connectivity index (χ0v) is 11.1. The van der Waals surface area contributed by atoms with Crippen molar-refractivity contribution in [3.05, 3.63) is 18.0 Å². The molecule has 1 aliphatic heterocycles. The van der Waals surface area contributed by atoms with Gasteiger partial charge in [0.25, 0.3) is 0 Å². The average molecular weight is 267 g/mol. The van der Waals surface area contributed by atoms with Gasteiger partial charge in [-0.2, -0.15) is 5.10 Å². The first-order valence-corrected chi connectivity index (χ1v) is 6.78. The molecule has 6 heteroatoms. The van der Waals surface area contributed by atoms with E-state index in [1.165, 1.54) is 6.42 Å². The van der Waals surface area contributed by atoms with Crippen LogP contribution in [0.5, 0.6) is 0 Å². The topological polar surface area (TPSA) is 76.2 Å². The van der Waals surface area contributed by atoms with Crippen LogP contribution in [0.25, 0.3) is 0 Å². The first-order chi connectivity index (χ1) is 9.34. The number of aromatic nitrogens is 2. The molecule has 2 N–H and O–H groups in total. The summed E-state index contributed by atoms with van der Waals surface area (Å²) < 4.78 is 10.9. The highest BCUT2D eigenvalue weighted by Crippen LogP contribution is 2.12. The third-order valence-electron chi connectivity index (χ3n) is 3.10. The zero-order valence-electron chi connectivity index (χ0n) is 11.1. The lowest BCUT2D eigenvalue weighted by Gasteiger charge is -2.22. The molecule has 1 fully saturated rings. The van der Waals surface area contributed by atoms with E-state index < -0.39 is 0 Å². The summed E-state index contributed by atoms with van der Waals surface area (Å²) in [4.78, 5) is 11.5. The molecule has 0 aliphatic carbocycles. The summed E-state index contributed by atoms with van der Waals surface area (Å²) in [5.41, 5.74) is 1.08. The molecule has 1 aliphatic rings. The van der Waals surface area contributed by atoms with Gasteiger partial charge in [0.1, 0.15) is 6.61 Å². The largest absolute Gasteiger partial charge is 0.376 e. The quantitative estimate of drug-likeness (QED) is 0.760. The number of amides is 1. The summed E-state index contributed by atoms with van der Waals surface area (Å²) in [5.74, 6) is -0.0840. The van der Waals surface area contributed by atoms with E-state index in [2.05, 4.69) is 15.5 Å². The van der Waals surface area contributed by atoms with E-state index in [4.69, 9.17) is 9.47 Å². The predicted molar refractivity (Wildman–Crippen MR) is 69.7 cm³/mol. The van der Waals surface area contributed by atoms with Gasteiger partial charge >= 0.3 is 0 Å². The minimum absolute atomic E-state index is 0.0840. The number of carbonyl (C=O) groups excluding carboxylic acids is 1. The molecule has 1 aromatic rings. The lowest BCUT2D eigenvalue weighted by Crippen LogP contribution is -2.32. The molecule has 6 nitrogen and oxygen atoms in total. The number of nitrogens with one attached hydrogen (secondary N) is 2. The van der Waals surface area contributed by atoms with Crippen LogP contribution in [0.3, 0.4) is 0 Å². The van der Waals surface area contributed by atoms with Gasteiger partial charge in [0, 0.05) is 19.3 Å². The van der Waals surface area contributed by atoms with E-state index >= 15 is 0 Å². The number of nitrogens with zero attached hydrogens (tertiary/aromatic N) is 1. The number of aromatic amines is 1. The second-order valence-electron chi connectivity index (χ2n) is 4.71. The highest BCUT2D eigenvalue weighted by molar-refractivity contribution is 5.77. The molecule has 0 radical (unpaired) electrons. The summed E-state index contributed by atoms with van der Waals surface area (Å²) in [7, 11) is 0. The van der Waals surface area contributed by atoms with Crippen LogP contribution in [0, 0.1) is 0 Å². The van der Waals surface area contributed by atoms with Crippen LogP contribution in [0.1, 0.15) is 24.8 Å². The molecule has 2 heterocycles. The molecule has 0 bridgehead atoms. The molecule has 0 saturated carbocycles. The summed E-state index contributed by atoms with van der Waals surface area (Å²) in [5, 5.41) is 9.39. The summed E-state index contributed by atoms with van der Waals surface area (Å²) in [6.45, 7) is 2.02. The van der Waals surface area contributed by atoms with Crippen molar-refractivity contribution in [3.63, 3.8) is 0 Å². The fourth-order valence-electron chi connectivity index (χ4n) is 2.03. The van der Waals surface area contributed by atoms with Crippen molar-refractivity contribution in [1.82, 2.24) is 15.5 Å².